The first-order chi connectivity index (χ1) is 11.4. The molecule has 0 amide bonds. The van der Waals surface area contributed by atoms with Crippen LogP contribution < -0.4 is 5.56 Å². The average molecular weight is 364 g/mol. The topological polar surface area (TPSA) is 79.5 Å². The largest absolute Gasteiger partial charge is 0.506 e. The van der Waals surface area contributed by atoms with E-state index in [9.17, 15) is 19.8 Å². The molecule has 2 heterocycles. The quantitative estimate of drug-likeness (QED) is 0.840. The number of halogens is 1. The second-order valence-corrected chi connectivity index (χ2v) is 7.92. The first-order valence-electron chi connectivity index (χ1n) is 7.60. The third kappa shape index (κ3) is 2.24. The van der Waals surface area contributed by atoms with E-state index in [0.29, 0.717) is 0 Å². The zero-order chi connectivity index (χ0) is 17.2. The van der Waals surface area contributed by atoms with Gasteiger partial charge in [-0.3, -0.25) is 4.79 Å². The molecule has 1 aliphatic carbocycles. The van der Waals surface area contributed by atoms with Crippen molar-refractivity contribution in [3.8, 4) is 17.0 Å². The first-order valence-corrected chi connectivity index (χ1v) is 8.86. The van der Waals surface area contributed by atoms with Crippen molar-refractivity contribution in [1.29, 1.82) is 0 Å². The number of fused-ring (bicyclic) bond motifs is 3. The van der Waals surface area contributed by atoms with Crippen molar-refractivity contribution < 1.29 is 15.0 Å². The molecule has 0 spiro atoms. The summed E-state index contributed by atoms with van der Waals surface area (Å²) in [6.45, 7) is 1.96. The van der Waals surface area contributed by atoms with Crippen molar-refractivity contribution in [2.45, 2.75) is 36.0 Å². The third-order valence-electron chi connectivity index (χ3n) is 4.45. The minimum Gasteiger partial charge on any atom is -0.506 e. The van der Waals surface area contributed by atoms with Crippen molar-refractivity contribution in [1.82, 2.24) is 4.57 Å². The molecule has 0 radical (unpaired) electrons. The molecule has 7 heteroatoms. The predicted molar refractivity (Wildman–Crippen MR) is 92.3 cm³/mol. The van der Waals surface area contributed by atoms with Gasteiger partial charge >= 0.3 is 5.97 Å². The Balaban J connectivity index is 2.10. The molecule has 2 aromatic rings. The van der Waals surface area contributed by atoms with Gasteiger partial charge in [0.1, 0.15) is 11.3 Å². The van der Waals surface area contributed by atoms with E-state index in [4.69, 9.17) is 11.6 Å². The number of phenols is 1. The van der Waals surface area contributed by atoms with Crippen LogP contribution in [0.5, 0.6) is 5.75 Å². The van der Waals surface area contributed by atoms with E-state index in [2.05, 4.69) is 0 Å². The minimum atomic E-state index is -1.20. The summed E-state index contributed by atoms with van der Waals surface area (Å²) in [4.78, 5) is 25.0. The van der Waals surface area contributed by atoms with Crippen LogP contribution in [0.2, 0.25) is 5.02 Å². The fourth-order valence-corrected chi connectivity index (χ4v) is 4.48. The standard InChI is InChI=1S/C17H14ClNO4S/c1-7-9-4-11(17(22)23)16(21)19(8-2-3-8)15(9)10-5-12(18)13(20)6-14(10)24-7/h4-8,20H,2-3H2,1H3,(H,22,23). The average Bonchev–Trinajstić information content (AvgIpc) is 3.33. The van der Waals surface area contributed by atoms with E-state index >= 15 is 0 Å². The number of nitrogens with zero attached hydrogens (tertiary/aromatic N) is 1. The molecular formula is C17H14ClNO4S. The maximum absolute atomic E-state index is 12.7. The third-order valence-corrected chi connectivity index (χ3v) is 5.95. The van der Waals surface area contributed by atoms with Crippen LogP contribution in [0.25, 0.3) is 11.3 Å². The fraction of sp³-hybridized carbons (Fsp3) is 0.294. The molecule has 0 bridgehead atoms. The lowest BCUT2D eigenvalue weighted by Crippen LogP contribution is -2.29. The molecule has 1 saturated carbocycles. The summed E-state index contributed by atoms with van der Waals surface area (Å²) < 4.78 is 1.61. The molecule has 1 atom stereocenters. The number of aromatic hydroxyl groups is 1. The van der Waals surface area contributed by atoms with Gasteiger partial charge in [-0.05, 0) is 43.5 Å². The first kappa shape index (κ1) is 15.6. The Morgan fingerprint density at radius 3 is 2.67 bits per heavy atom. The number of phenolic OH excluding ortho intramolecular Hbond substituents is 1. The number of hydrogen-bond acceptors (Lipinski definition) is 4. The van der Waals surface area contributed by atoms with E-state index in [1.54, 1.807) is 16.7 Å². The van der Waals surface area contributed by atoms with Crippen LogP contribution in [0.4, 0.5) is 0 Å². The molecule has 5 nitrogen and oxygen atoms in total. The van der Waals surface area contributed by atoms with Crippen molar-refractivity contribution in [3.63, 3.8) is 0 Å². The van der Waals surface area contributed by atoms with Crippen LogP contribution in [-0.4, -0.2) is 20.7 Å². The normalized spacial score (nSPS) is 18.8. The van der Waals surface area contributed by atoms with Crippen LogP contribution in [0.1, 0.15) is 47.0 Å². The van der Waals surface area contributed by atoms with Gasteiger partial charge in [0.15, 0.2) is 0 Å². The maximum Gasteiger partial charge on any atom is 0.341 e. The summed E-state index contributed by atoms with van der Waals surface area (Å²) in [5.41, 5.74) is 1.66. The van der Waals surface area contributed by atoms with Crippen LogP contribution in [-0.2, 0) is 0 Å². The highest BCUT2D eigenvalue weighted by Gasteiger charge is 2.35. The van der Waals surface area contributed by atoms with Crippen LogP contribution in [0.15, 0.2) is 27.9 Å². The molecule has 1 aromatic heterocycles. The summed E-state index contributed by atoms with van der Waals surface area (Å²) in [6.07, 6.45) is 1.72. The summed E-state index contributed by atoms with van der Waals surface area (Å²) in [5, 5.41) is 19.4. The van der Waals surface area contributed by atoms with E-state index in [1.807, 2.05) is 6.92 Å². The lowest BCUT2D eigenvalue weighted by Gasteiger charge is -2.28. The molecule has 24 heavy (non-hydrogen) atoms. The number of carboxylic acid groups (broad SMARTS) is 1. The second-order valence-electron chi connectivity index (χ2n) is 6.13. The smallest absolute Gasteiger partial charge is 0.341 e. The minimum absolute atomic E-state index is 0.000965. The zero-order valence-electron chi connectivity index (χ0n) is 12.7. The highest BCUT2D eigenvalue weighted by atomic mass is 35.5. The van der Waals surface area contributed by atoms with Crippen molar-refractivity contribution in [2.24, 2.45) is 0 Å². The SMILES string of the molecule is CC1Sc2cc(O)c(Cl)cc2-c2c1cc(C(=O)O)c(=O)n2C1CC1. The molecule has 1 aliphatic heterocycles. The Hall–Kier alpha value is -1.92. The van der Waals surface area contributed by atoms with Gasteiger partial charge in [0, 0.05) is 21.8 Å². The summed E-state index contributed by atoms with van der Waals surface area (Å²) >= 11 is 7.59. The number of aromatic carboxylic acids is 1. The molecule has 1 unspecified atom stereocenters. The molecule has 1 aromatic carbocycles. The van der Waals surface area contributed by atoms with Gasteiger partial charge in [-0.15, -0.1) is 11.8 Å². The lowest BCUT2D eigenvalue weighted by atomic mass is 9.99. The van der Waals surface area contributed by atoms with Crippen molar-refractivity contribution in [2.75, 3.05) is 0 Å². The summed E-state index contributed by atoms with van der Waals surface area (Å²) in [6, 6.07) is 4.78. The Morgan fingerprint density at radius 1 is 1.33 bits per heavy atom. The number of aromatic nitrogens is 1. The van der Waals surface area contributed by atoms with E-state index in [1.165, 1.54) is 17.8 Å². The van der Waals surface area contributed by atoms with Crippen molar-refractivity contribution >= 4 is 29.3 Å². The molecular weight excluding hydrogens is 350 g/mol. The van der Waals surface area contributed by atoms with Gasteiger partial charge in [-0.25, -0.2) is 4.79 Å². The lowest BCUT2D eigenvalue weighted by molar-refractivity contribution is 0.0694. The van der Waals surface area contributed by atoms with Gasteiger partial charge in [-0.1, -0.05) is 11.6 Å². The van der Waals surface area contributed by atoms with Crippen LogP contribution >= 0.6 is 23.4 Å². The predicted octanol–water partition coefficient (Wildman–Crippen LogP) is 4.07. The summed E-state index contributed by atoms with van der Waals surface area (Å²) in [5.74, 6) is -1.20. The maximum atomic E-state index is 12.7. The second kappa shape index (κ2) is 5.29. The van der Waals surface area contributed by atoms with Crippen molar-refractivity contribution in [3.05, 3.63) is 44.7 Å². The molecule has 4 rings (SSSR count). The molecule has 1 fully saturated rings. The van der Waals surface area contributed by atoms with Gasteiger partial charge < -0.3 is 14.8 Å². The molecule has 0 saturated heterocycles. The highest BCUT2D eigenvalue weighted by Crippen LogP contribution is 2.52. The Kier molecular flexibility index (Phi) is 3.44. The molecule has 2 aliphatic rings. The monoisotopic (exact) mass is 363 g/mol. The number of pyridine rings is 1. The number of carboxylic acids is 1. The van der Waals surface area contributed by atoms with E-state index in [0.717, 1.165) is 34.6 Å². The summed E-state index contributed by atoms with van der Waals surface area (Å²) in [7, 11) is 0. The van der Waals surface area contributed by atoms with E-state index in [-0.39, 0.29) is 27.6 Å². The van der Waals surface area contributed by atoms with Crippen LogP contribution in [0, 0.1) is 0 Å². The Bertz CT molecular complexity index is 949. The van der Waals surface area contributed by atoms with Gasteiger partial charge in [-0.2, -0.15) is 0 Å². The zero-order valence-corrected chi connectivity index (χ0v) is 14.3. The van der Waals surface area contributed by atoms with Gasteiger partial charge in [0.25, 0.3) is 5.56 Å². The number of rotatable bonds is 2. The molecule has 124 valence electrons. The Labute approximate surface area is 146 Å². The number of thioether (sulfide) groups is 1. The fourth-order valence-electron chi connectivity index (χ4n) is 3.16. The number of hydrogen-bond donors (Lipinski definition) is 2. The van der Waals surface area contributed by atoms with Gasteiger partial charge in [0.2, 0.25) is 0 Å². The highest BCUT2D eigenvalue weighted by molar-refractivity contribution is 7.99. The molecule has 2 N–H and O–H groups in total. The number of carbonyl (C=O) groups is 1. The Morgan fingerprint density at radius 2 is 2.04 bits per heavy atom. The van der Waals surface area contributed by atoms with E-state index < -0.39 is 11.5 Å². The van der Waals surface area contributed by atoms with Gasteiger partial charge in [0.05, 0.1) is 10.7 Å². The van der Waals surface area contributed by atoms with Crippen LogP contribution in [0.3, 0.4) is 0 Å². The number of benzene rings is 1.